The molecule has 0 aromatic rings. The van der Waals surface area contributed by atoms with Crippen LogP contribution in [0.2, 0.25) is 0 Å². The zero-order valence-electron chi connectivity index (χ0n) is 13.5. The van der Waals surface area contributed by atoms with Crippen LogP contribution in [0.1, 0.15) is 85.0 Å². The van der Waals surface area contributed by atoms with Crippen molar-refractivity contribution >= 4 is 0 Å². The van der Waals surface area contributed by atoms with E-state index in [9.17, 15) is 0 Å². The van der Waals surface area contributed by atoms with Gasteiger partial charge in [0.05, 0.1) is 5.60 Å². The molecule has 0 heterocycles. The summed E-state index contributed by atoms with van der Waals surface area (Å²) in [5.74, 6) is 0. The predicted octanol–water partition coefficient (Wildman–Crippen LogP) is 4.67. The Morgan fingerprint density at radius 2 is 1.74 bits per heavy atom. The fraction of sp³-hybridized carbons (Fsp3) is 1.00. The van der Waals surface area contributed by atoms with Crippen molar-refractivity contribution in [2.75, 3.05) is 13.2 Å². The van der Waals surface area contributed by atoms with Gasteiger partial charge in [-0.2, -0.15) is 0 Å². The van der Waals surface area contributed by atoms with Crippen LogP contribution in [0.15, 0.2) is 0 Å². The molecule has 0 aromatic carbocycles. The lowest BCUT2D eigenvalue weighted by Crippen LogP contribution is -2.51. The molecule has 2 nitrogen and oxygen atoms in total. The van der Waals surface area contributed by atoms with E-state index in [0.29, 0.717) is 6.04 Å². The highest BCUT2D eigenvalue weighted by molar-refractivity contribution is 4.97. The van der Waals surface area contributed by atoms with Gasteiger partial charge in [0, 0.05) is 12.6 Å². The molecule has 0 aliphatic heterocycles. The fourth-order valence-electron chi connectivity index (χ4n) is 3.50. The second-order valence-electron chi connectivity index (χ2n) is 6.06. The maximum Gasteiger partial charge on any atom is 0.0834 e. The van der Waals surface area contributed by atoms with Gasteiger partial charge in [-0.25, -0.2) is 0 Å². The van der Waals surface area contributed by atoms with Gasteiger partial charge in [-0.15, -0.1) is 0 Å². The lowest BCUT2D eigenvalue weighted by atomic mass is 9.87. The molecule has 19 heavy (non-hydrogen) atoms. The zero-order chi connectivity index (χ0) is 14.0. The Hall–Kier alpha value is -0.0800. The Balaban J connectivity index is 2.53. The van der Waals surface area contributed by atoms with Crippen LogP contribution >= 0.6 is 0 Å². The lowest BCUT2D eigenvalue weighted by Gasteiger charge is -2.38. The molecular formula is C17H35NO. The summed E-state index contributed by atoms with van der Waals surface area (Å²) < 4.78 is 6.24. The van der Waals surface area contributed by atoms with Gasteiger partial charge in [-0.05, 0) is 39.2 Å². The third kappa shape index (κ3) is 5.43. The van der Waals surface area contributed by atoms with Crippen LogP contribution in [0.25, 0.3) is 0 Å². The molecule has 1 atom stereocenters. The summed E-state index contributed by atoms with van der Waals surface area (Å²) in [5.41, 5.74) is 0.149. The molecule has 2 heteroatoms. The summed E-state index contributed by atoms with van der Waals surface area (Å²) >= 11 is 0. The minimum Gasteiger partial charge on any atom is -0.374 e. The molecule has 0 aromatic heterocycles. The highest BCUT2D eigenvalue weighted by Gasteiger charge is 2.41. The van der Waals surface area contributed by atoms with E-state index in [4.69, 9.17) is 4.74 Å². The van der Waals surface area contributed by atoms with E-state index in [1.54, 1.807) is 0 Å². The maximum atomic E-state index is 6.24. The van der Waals surface area contributed by atoms with Gasteiger partial charge in [-0.1, -0.05) is 52.4 Å². The smallest absolute Gasteiger partial charge is 0.0834 e. The van der Waals surface area contributed by atoms with Crippen LogP contribution in [0.4, 0.5) is 0 Å². The molecular weight excluding hydrogens is 234 g/mol. The van der Waals surface area contributed by atoms with Gasteiger partial charge in [0.1, 0.15) is 0 Å². The number of hydrogen-bond donors (Lipinski definition) is 1. The number of nitrogens with one attached hydrogen (secondary N) is 1. The average Bonchev–Trinajstić information content (AvgIpc) is 2.88. The summed E-state index contributed by atoms with van der Waals surface area (Å²) in [7, 11) is 0. The molecule has 1 saturated carbocycles. The van der Waals surface area contributed by atoms with Gasteiger partial charge in [-0.3, -0.25) is 0 Å². The molecule has 1 unspecified atom stereocenters. The fourth-order valence-corrected chi connectivity index (χ4v) is 3.50. The van der Waals surface area contributed by atoms with E-state index in [2.05, 4.69) is 26.1 Å². The van der Waals surface area contributed by atoms with Crippen LogP contribution in [-0.4, -0.2) is 24.8 Å². The Kier molecular flexibility index (Phi) is 8.72. The maximum absolute atomic E-state index is 6.24. The second kappa shape index (κ2) is 9.77. The number of unbranched alkanes of at least 4 members (excludes halogenated alkanes) is 3. The summed E-state index contributed by atoms with van der Waals surface area (Å²) in [5, 5.41) is 3.79. The predicted molar refractivity (Wildman–Crippen MR) is 83.7 cm³/mol. The monoisotopic (exact) mass is 269 g/mol. The molecule has 1 rings (SSSR count). The normalized spacial score (nSPS) is 19.7. The molecule has 0 saturated heterocycles. The molecule has 1 fully saturated rings. The van der Waals surface area contributed by atoms with Gasteiger partial charge in [0.25, 0.3) is 0 Å². The van der Waals surface area contributed by atoms with Gasteiger partial charge >= 0.3 is 0 Å². The first-order valence-electron chi connectivity index (χ1n) is 8.66. The number of ether oxygens (including phenoxy) is 1. The van der Waals surface area contributed by atoms with Crippen molar-refractivity contribution in [3.63, 3.8) is 0 Å². The first kappa shape index (κ1) is 17.0. The molecule has 114 valence electrons. The SMILES string of the molecule is CCCCCCC(NCCC)C1(OCC)CCCC1. The Morgan fingerprint density at radius 3 is 2.32 bits per heavy atom. The first-order chi connectivity index (χ1) is 9.29. The third-order valence-corrected chi connectivity index (χ3v) is 4.50. The van der Waals surface area contributed by atoms with Gasteiger partial charge in [0.15, 0.2) is 0 Å². The topological polar surface area (TPSA) is 21.3 Å². The van der Waals surface area contributed by atoms with E-state index < -0.39 is 0 Å². The van der Waals surface area contributed by atoms with Crippen LogP contribution in [0.3, 0.4) is 0 Å². The largest absolute Gasteiger partial charge is 0.374 e. The molecule has 0 spiro atoms. The Morgan fingerprint density at radius 1 is 1.00 bits per heavy atom. The average molecular weight is 269 g/mol. The molecule has 1 N–H and O–H groups in total. The minimum atomic E-state index is 0.149. The molecule has 0 radical (unpaired) electrons. The van der Waals surface area contributed by atoms with E-state index in [1.807, 2.05) is 0 Å². The molecule has 0 bridgehead atoms. The summed E-state index contributed by atoms with van der Waals surface area (Å²) in [6.07, 6.45) is 13.1. The quantitative estimate of drug-likeness (QED) is 0.550. The summed E-state index contributed by atoms with van der Waals surface area (Å²) in [4.78, 5) is 0. The van der Waals surface area contributed by atoms with Crippen molar-refractivity contribution in [2.24, 2.45) is 0 Å². The molecule has 1 aliphatic rings. The van der Waals surface area contributed by atoms with Crippen molar-refractivity contribution in [1.29, 1.82) is 0 Å². The zero-order valence-corrected chi connectivity index (χ0v) is 13.5. The lowest BCUT2D eigenvalue weighted by molar-refractivity contribution is -0.0636. The first-order valence-corrected chi connectivity index (χ1v) is 8.66. The van der Waals surface area contributed by atoms with E-state index >= 15 is 0 Å². The van der Waals surface area contributed by atoms with Crippen LogP contribution in [0.5, 0.6) is 0 Å². The van der Waals surface area contributed by atoms with E-state index in [-0.39, 0.29) is 5.60 Å². The van der Waals surface area contributed by atoms with Crippen molar-refractivity contribution in [2.45, 2.75) is 96.6 Å². The minimum absolute atomic E-state index is 0.149. The van der Waals surface area contributed by atoms with Crippen molar-refractivity contribution in [3.05, 3.63) is 0 Å². The van der Waals surface area contributed by atoms with Crippen molar-refractivity contribution in [3.8, 4) is 0 Å². The van der Waals surface area contributed by atoms with Gasteiger partial charge in [0.2, 0.25) is 0 Å². The van der Waals surface area contributed by atoms with Crippen molar-refractivity contribution < 1.29 is 4.74 Å². The van der Waals surface area contributed by atoms with E-state index in [0.717, 1.165) is 13.2 Å². The Labute approximate surface area is 120 Å². The number of hydrogen-bond acceptors (Lipinski definition) is 2. The second-order valence-corrected chi connectivity index (χ2v) is 6.06. The van der Waals surface area contributed by atoms with Crippen molar-refractivity contribution in [1.82, 2.24) is 5.32 Å². The van der Waals surface area contributed by atoms with Crippen LogP contribution < -0.4 is 5.32 Å². The summed E-state index contributed by atoms with van der Waals surface area (Å²) in [6.45, 7) is 8.68. The van der Waals surface area contributed by atoms with Crippen LogP contribution in [-0.2, 0) is 4.74 Å². The highest BCUT2D eigenvalue weighted by atomic mass is 16.5. The standard InChI is InChI=1S/C17H35NO/c1-4-7-8-9-12-16(18-15-5-2)17(19-6-3)13-10-11-14-17/h16,18H,4-15H2,1-3H3. The number of rotatable bonds is 11. The van der Waals surface area contributed by atoms with Crippen LogP contribution in [0, 0.1) is 0 Å². The molecule has 0 amide bonds. The molecule has 1 aliphatic carbocycles. The summed E-state index contributed by atoms with van der Waals surface area (Å²) in [6, 6.07) is 0.576. The van der Waals surface area contributed by atoms with E-state index in [1.165, 1.54) is 64.2 Å². The highest BCUT2D eigenvalue weighted by Crippen LogP contribution is 2.38. The Bertz CT molecular complexity index is 211. The third-order valence-electron chi connectivity index (χ3n) is 4.50. The van der Waals surface area contributed by atoms with Gasteiger partial charge < -0.3 is 10.1 Å².